The second-order valence-corrected chi connectivity index (χ2v) is 6.41. The molecule has 3 N–H and O–H groups in total. The molecule has 104 valence electrons. The Labute approximate surface area is 106 Å². The Balaban J connectivity index is 2.33. The summed E-state index contributed by atoms with van der Waals surface area (Å²) < 4.78 is 24.4. The molecule has 1 fully saturated rings. The summed E-state index contributed by atoms with van der Waals surface area (Å²) in [6, 6.07) is 0. The lowest BCUT2D eigenvalue weighted by atomic mass is 10.0. The number of carboxylic acid groups (broad SMARTS) is 1. The molecule has 0 aliphatic heterocycles. The van der Waals surface area contributed by atoms with E-state index in [9.17, 15) is 18.0 Å². The maximum Gasteiger partial charge on any atom is 0.306 e. The maximum atomic E-state index is 11.7. The smallest absolute Gasteiger partial charge is 0.306 e. The number of carbonyl (C=O) groups is 2. The highest BCUT2D eigenvalue weighted by Gasteiger charge is 2.33. The highest BCUT2D eigenvalue weighted by atomic mass is 32.2. The molecule has 2 atom stereocenters. The fraction of sp³-hybridized carbons (Fsp3) is 0.800. The van der Waals surface area contributed by atoms with Crippen LogP contribution in [-0.2, 0) is 19.6 Å². The van der Waals surface area contributed by atoms with Crippen LogP contribution in [0.2, 0.25) is 0 Å². The number of sulfonamides is 1. The molecule has 1 aliphatic carbocycles. The first-order chi connectivity index (χ1) is 8.35. The third kappa shape index (κ3) is 4.26. The van der Waals surface area contributed by atoms with Gasteiger partial charge in [0.15, 0.2) is 0 Å². The van der Waals surface area contributed by atoms with Gasteiger partial charge in [-0.05, 0) is 26.3 Å². The molecule has 0 radical (unpaired) electrons. The van der Waals surface area contributed by atoms with Gasteiger partial charge in [-0.15, -0.1) is 0 Å². The fourth-order valence-electron chi connectivity index (χ4n) is 2.00. The van der Waals surface area contributed by atoms with Crippen molar-refractivity contribution >= 4 is 21.9 Å². The molecule has 0 bridgehead atoms. The molecule has 1 aliphatic rings. The van der Waals surface area contributed by atoms with Gasteiger partial charge < -0.3 is 10.4 Å². The van der Waals surface area contributed by atoms with Gasteiger partial charge in [-0.2, -0.15) is 0 Å². The van der Waals surface area contributed by atoms with E-state index in [2.05, 4.69) is 10.0 Å². The second kappa shape index (κ2) is 6.14. The minimum absolute atomic E-state index is 0.0379. The van der Waals surface area contributed by atoms with E-state index in [1.807, 2.05) is 0 Å². The molecule has 0 unspecified atom stereocenters. The summed E-state index contributed by atoms with van der Waals surface area (Å²) in [4.78, 5) is 22.4. The van der Waals surface area contributed by atoms with Gasteiger partial charge in [-0.25, -0.2) is 13.1 Å². The molecule has 8 heteroatoms. The van der Waals surface area contributed by atoms with Crippen molar-refractivity contribution < 1.29 is 23.1 Å². The van der Waals surface area contributed by atoms with Crippen LogP contribution in [0.25, 0.3) is 0 Å². The van der Waals surface area contributed by atoms with E-state index in [0.29, 0.717) is 19.3 Å². The summed E-state index contributed by atoms with van der Waals surface area (Å²) in [7, 11) is -2.01. The zero-order chi connectivity index (χ0) is 13.8. The number of carboxylic acids is 1. The first kappa shape index (κ1) is 14.9. The SMILES string of the molecule is CNS(=O)(=O)CCNC(=O)[C@@H]1CC[C@H](C(=O)O)C1. The van der Waals surface area contributed by atoms with Crippen molar-refractivity contribution in [3.05, 3.63) is 0 Å². The minimum Gasteiger partial charge on any atom is -0.481 e. The van der Waals surface area contributed by atoms with Crippen LogP contribution in [0.5, 0.6) is 0 Å². The van der Waals surface area contributed by atoms with Crippen LogP contribution in [-0.4, -0.2) is 44.7 Å². The number of hydrogen-bond donors (Lipinski definition) is 3. The van der Waals surface area contributed by atoms with Gasteiger partial charge in [0, 0.05) is 12.5 Å². The summed E-state index contributed by atoms with van der Waals surface area (Å²) in [6.07, 6.45) is 1.38. The van der Waals surface area contributed by atoms with Gasteiger partial charge in [0.1, 0.15) is 0 Å². The number of aliphatic carboxylic acids is 1. The first-order valence-corrected chi connectivity index (χ1v) is 7.42. The van der Waals surface area contributed by atoms with Gasteiger partial charge >= 0.3 is 5.97 Å². The van der Waals surface area contributed by atoms with Crippen molar-refractivity contribution in [2.24, 2.45) is 11.8 Å². The lowest BCUT2D eigenvalue weighted by Gasteiger charge is -2.10. The van der Waals surface area contributed by atoms with Crippen LogP contribution in [0.3, 0.4) is 0 Å². The Hall–Kier alpha value is -1.15. The van der Waals surface area contributed by atoms with Crippen LogP contribution in [0.4, 0.5) is 0 Å². The highest BCUT2D eigenvalue weighted by Crippen LogP contribution is 2.30. The molecule has 1 rings (SSSR count). The minimum atomic E-state index is -3.32. The topological polar surface area (TPSA) is 113 Å². The van der Waals surface area contributed by atoms with E-state index in [1.54, 1.807) is 0 Å². The number of carbonyl (C=O) groups excluding carboxylic acids is 1. The van der Waals surface area contributed by atoms with Crippen LogP contribution >= 0.6 is 0 Å². The van der Waals surface area contributed by atoms with Crippen molar-refractivity contribution in [3.63, 3.8) is 0 Å². The Morgan fingerprint density at radius 1 is 1.28 bits per heavy atom. The van der Waals surface area contributed by atoms with Gasteiger partial charge in [0.25, 0.3) is 0 Å². The lowest BCUT2D eigenvalue weighted by molar-refractivity contribution is -0.141. The average Bonchev–Trinajstić information content (AvgIpc) is 2.78. The monoisotopic (exact) mass is 278 g/mol. The number of amides is 1. The van der Waals surface area contributed by atoms with Gasteiger partial charge in [-0.1, -0.05) is 0 Å². The van der Waals surface area contributed by atoms with Crippen LogP contribution in [0.1, 0.15) is 19.3 Å². The molecule has 0 saturated heterocycles. The molecule has 0 aromatic rings. The van der Waals surface area contributed by atoms with Crippen LogP contribution in [0.15, 0.2) is 0 Å². The highest BCUT2D eigenvalue weighted by molar-refractivity contribution is 7.89. The van der Waals surface area contributed by atoms with Gasteiger partial charge in [0.2, 0.25) is 15.9 Å². The van der Waals surface area contributed by atoms with E-state index in [-0.39, 0.29) is 24.1 Å². The summed E-state index contributed by atoms with van der Waals surface area (Å²) in [6.45, 7) is 0.0379. The van der Waals surface area contributed by atoms with Crippen molar-refractivity contribution in [1.29, 1.82) is 0 Å². The molecular weight excluding hydrogens is 260 g/mol. The van der Waals surface area contributed by atoms with E-state index in [0.717, 1.165) is 0 Å². The molecule has 1 saturated carbocycles. The van der Waals surface area contributed by atoms with E-state index >= 15 is 0 Å². The van der Waals surface area contributed by atoms with Crippen LogP contribution in [0, 0.1) is 11.8 Å². The van der Waals surface area contributed by atoms with Crippen molar-refractivity contribution in [2.45, 2.75) is 19.3 Å². The fourth-order valence-corrected chi connectivity index (χ4v) is 2.57. The Morgan fingerprint density at radius 2 is 1.89 bits per heavy atom. The van der Waals surface area contributed by atoms with Crippen molar-refractivity contribution in [3.8, 4) is 0 Å². The molecule has 0 aromatic heterocycles. The first-order valence-electron chi connectivity index (χ1n) is 5.77. The number of nitrogens with one attached hydrogen (secondary N) is 2. The van der Waals surface area contributed by atoms with E-state index in [1.165, 1.54) is 7.05 Å². The summed E-state index contributed by atoms with van der Waals surface area (Å²) in [5, 5.41) is 11.3. The van der Waals surface area contributed by atoms with Crippen molar-refractivity contribution in [2.75, 3.05) is 19.3 Å². The van der Waals surface area contributed by atoms with E-state index < -0.39 is 21.9 Å². The molecular formula is C10H18N2O5S. The molecule has 0 aromatic carbocycles. The quantitative estimate of drug-likeness (QED) is 0.586. The van der Waals surface area contributed by atoms with Crippen molar-refractivity contribution in [1.82, 2.24) is 10.0 Å². The molecule has 0 heterocycles. The largest absolute Gasteiger partial charge is 0.481 e. The van der Waals surface area contributed by atoms with Crippen LogP contribution < -0.4 is 10.0 Å². The molecule has 0 spiro atoms. The maximum absolute atomic E-state index is 11.7. The molecule has 7 nitrogen and oxygen atoms in total. The summed E-state index contributed by atoms with van der Waals surface area (Å²) in [5.74, 6) is -2.08. The zero-order valence-corrected chi connectivity index (χ0v) is 11.0. The normalized spacial score (nSPS) is 23.8. The number of rotatable bonds is 6. The Kier molecular flexibility index (Phi) is 5.09. The third-order valence-electron chi connectivity index (χ3n) is 3.13. The van der Waals surface area contributed by atoms with Gasteiger partial charge in [-0.3, -0.25) is 9.59 Å². The molecule has 1 amide bonds. The summed E-state index contributed by atoms with van der Waals surface area (Å²) in [5.41, 5.74) is 0. The predicted octanol–water partition coefficient (Wildman–Crippen LogP) is -0.847. The Bertz CT molecular complexity index is 420. The number of hydrogen-bond acceptors (Lipinski definition) is 4. The predicted molar refractivity (Wildman–Crippen MR) is 64.3 cm³/mol. The summed E-state index contributed by atoms with van der Waals surface area (Å²) >= 11 is 0. The van der Waals surface area contributed by atoms with Gasteiger partial charge in [0.05, 0.1) is 11.7 Å². The Morgan fingerprint density at radius 3 is 2.39 bits per heavy atom. The molecule has 18 heavy (non-hydrogen) atoms. The zero-order valence-electron chi connectivity index (χ0n) is 10.2. The second-order valence-electron chi connectivity index (χ2n) is 4.36. The standard InChI is InChI=1S/C10H18N2O5S/c1-11-18(16,17)5-4-12-9(13)7-2-3-8(6-7)10(14)15/h7-8,11H,2-6H2,1H3,(H,12,13)(H,14,15)/t7-,8+/m1/s1. The third-order valence-corrected chi connectivity index (χ3v) is 4.50. The van der Waals surface area contributed by atoms with E-state index in [4.69, 9.17) is 5.11 Å². The lowest BCUT2D eigenvalue weighted by Crippen LogP contribution is -2.35. The average molecular weight is 278 g/mol.